The zero-order valence-corrected chi connectivity index (χ0v) is 20.5. The van der Waals surface area contributed by atoms with Gasteiger partial charge in [-0.1, -0.05) is 151 Å². The van der Waals surface area contributed by atoms with Crippen molar-refractivity contribution in [3.8, 4) is 33.4 Å². The van der Waals surface area contributed by atoms with Crippen molar-refractivity contribution in [1.82, 2.24) is 0 Å². The molecule has 0 bridgehead atoms. The van der Waals surface area contributed by atoms with Gasteiger partial charge in [0.05, 0.1) is 27.4 Å². The number of hydrogen-bond acceptors (Lipinski definition) is 0. The Morgan fingerprint density at radius 3 is 1.73 bits per heavy atom. The lowest BCUT2D eigenvalue weighted by atomic mass is 9.84. The van der Waals surface area contributed by atoms with Gasteiger partial charge in [-0.15, -0.1) is 0 Å². The van der Waals surface area contributed by atoms with E-state index in [4.69, 9.17) is 21.9 Å². The van der Waals surface area contributed by atoms with Gasteiger partial charge in [-0.25, -0.2) is 0 Å². The van der Waals surface area contributed by atoms with Gasteiger partial charge in [-0.05, 0) is 82.5 Å². The number of rotatable bonds is 3. The Bertz CT molecular complexity index is 3290. The highest BCUT2D eigenvalue weighted by molar-refractivity contribution is 6.24. The molecule has 0 aliphatic carbocycles. The SMILES string of the molecule is [2H]c1ccc2c(-c3c([2H])c([2H])c([2H])c4c(-c5c([2H])c([2H])c6c([2H])c([2H])c([2H])c([2H])c6c5[2H])c([2H])c([2H])c([2H])c34)c3cc([2H])ccc3c(-c3c([2H])c([2H])c([2H])c([2H])c3[2H])c2c1. The fourth-order valence-corrected chi connectivity index (χ4v) is 5.13. The largest absolute Gasteiger partial charge is 0.0636 e. The summed E-state index contributed by atoms with van der Waals surface area (Å²) in [5.74, 6) is 0. The Morgan fingerprint density at radius 1 is 0.350 bits per heavy atom. The predicted octanol–water partition coefficient (Wildman–Crippen LogP) is 11.3. The van der Waals surface area contributed by atoms with Crippen molar-refractivity contribution in [3.05, 3.63) is 157 Å². The van der Waals surface area contributed by atoms with Gasteiger partial charge in [0, 0.05) is 0 Å². The smallest absolute Gasteiger partial charge is 0.0622 e. The van der Waals surface area contributed by atoms with Crippen LogP contribution in [0.25, 0.3) is 76.5 Å². The van der Waals surface area contributed by atoms with E-state index in [1.54, 1.807) is 0 Å². The maximum absolute atomic E-state index is 9.38. The molecular weight excluding hydrogens is 480 g/mol. The van der Waals surface area contributed by atoms with E-state index in [9.17, 15) is 5.48 Å². The number of fused-ring (bicyclic) bond motifs is 4. The van der Waals surface area contributed by atoms with Crippen molar-refractivity contribution in [3.63, 3.8) is 0 Å². The molecule has 0 aliphatic heterocycles. The summed E-state index contributed by atoms with van der Waals surface area (Å²) in [6.07, 6.45) is 0. The highest BCUT2D eigenvalue weighted by Gasteiger charge is 2.18. The third kappa shape index (κ3) is 3.54. The first-order valence-corrected chi connectivity index (χ1v) is 12.2. The van der Waals surface area contributed by atoms with Crippen LogP contribution in [-0.4, -0.2) is 0 Å². The molecule has 0 aliphatic rings. The zero-order valence-electron chi connectivity index (χ0n) is 40.5. The van der Waals surface area contributed by atoms with E-state index >= 15 is 0 Å². The third-order valence-corrected chi connectivity index (χ3v) is 6.81. The topological polar surface area (TPSA) is 0 Å². The molecule has 186 valence electrons. The van der Waals surface area contributed by atoms with E-state index in [-0.39, 0.29) is 61.3 Å². The minimum Gasteiger partial charge on any atom is -0.0622 e. The van der Waals surface area contributed by atoms with Gasteiger partial charge in [0.2, 0.25) is 0 Å². The van der Waals surface area contributed by atoms with Gasteiger partial charge in [0.1, 0.15) is 0 Å². The summed E-state index contributed by atoms with van der Waals surface area (Å²) in [6.45, 7) is 0. The van der Waals surface area contributed by atoms with Crippen molar-refractivity contribution in [1.29, 1.82) is 0 Å². The van der Waals surface area contributed by atoms with Gasteiger partial charge >= 0.3 is 0 Å². The Morgan fingerprint density at radius 2 is 0.950 bits per heavy atom. The van der Waals surface area contributed by atoms with E-state index in [0.717, 1.165) is 0 Å². The van der Waals surface area contributed by atoms with Crippen LogP contribution >= 0.6 is 0 Å². The molecule has 8 aromatic carbocycles. The van der Waals surface area contributed by atoms with Gasteiger partial charge in [0.15, 0.2) is 0 Å². The Labute approximate surface area is 261 Å². The lowest BCUT2D eigenvalue weighted by molar-refractivity contribution is 1.65. The van der Waals surface area contributed by atoms with Crippen molar-refractivity contribution in [2.75, 3.05) is 0 Å². The van der Waals surface area contributed by atoms with E-state index < -0.39 is 136 Å². The summed E-state index contributed by atoms with van der Waals surface area (Å²) in [6, 6.07) is -4.47. The third-order valence-electron chi connectivity index (χ3n) is 6.81. The molecule has 0 radical (unpaired) electrons. The molecule has 0 atom stereocenters. The zero-order chi connectivity index (χ0) is 43.9. The van der Waals surface area contributed by atoms with Gasteiger partial charge < -0.3 is 0 Å². The molecule has 0 N–H and O–H groups in total. The van der Waals surface area contributed by atoms with Gasteiger partial charge in [0.25, 0.3) is 0 Å². The maximum Gasteiger partial charge on any atom is 0.0636 e. The fourth-order valence-electron chi connectivity index (χ4n) is 5.13. The van der Waals surface area contributed by atoms with Crippen LogP contribution in [0.3, 0.4) is 0 Å². The summed E-state index contributed by atoms with van der Waals surface area (Å²) in [7, 11) is 0. The van der Waals surface area contributed by atoms with Gasteiger partial charge in [-0.2, -0.15) is 0 Å². The summed E-state index contributed by atoms with van der Waals surface area (Å²) < 4.78 is 176. The highest BCUT2D eigenvalue weighted by Crippen LogP contribution is 2.46. The summed E-state index contributed by atoms with van der Waals surface area (Å²) in [5, 5.41) is -1.18. The van der Waals surface area contributed by atoms with Gasteiger partial charge in [-0.3, -0.25) is 0 Å². The van der Waals surface area contributed by atoms with Crippen LogP contribution in [0, 0.1) is 0 Å². The molecule has 0 heteroatoms. The normalized spacial score (nSPS) is 18.5. The van der Waals surface area contributed by atoms with E-state index in [1.165, 1.54) is 36.4 Å². The number of hydrogen-bond donors (Lipinski definition) is 0. The van der Waals surface area contributed by atoms with Crippen molar-refractivity contribution in [2.24, 2.45) is 0 Å². The van der Waals surface area contributed by atoms with Crippen LogP contribution in [-0.2, 0) is 0 Å². The van der Waals surface area contributed by atoms with Crippen LogP contribution in [0.15, 0.2) is 157 Å². The standard InChI is InChI=1S/C40H26/c1-2-13-28(14-3-1)39-35-16-6-8-18-37(35)40(38-19-9-7-17-36(38)39)34-23-11-21-32-31(20-10-22-33(32)34)30-25-24-27-12-4-5-15-29(27)26-30/h1-26H/i1D,2D,3D,4D,5D,6D,9D,10D,11D,12D,13D,14D,15D,20D,21D,22D,23D,24D,25D,26D. The van der Waals surface area contributed by atoms with E-state index in [1.807, 2.05) is 0 Å². The summed E-state index contributed by atoms with van der Waals surface area (Å²) >= 11 is 0. The molecule has 8 rings (SSSR count). The molecule has 40 heavy (non-hydrogen) atoms. The molecule has 0 unspecified atom stereocenters. The van der Waals surface area contributed by atoms with E-state index in [0.29, 0.717) is 0 Å². The lowest BCUT2D eigenvalue weighted by Crippen LogP contribution is -1.92. The Balaban J connectivity index is 1.65. The molecule has 0 amide bonds. The molecule has 0 spiro atoms. The molecule has 0 fully saturated rings. The maximum atomic E-state index is 9.38. The second-order valence-electron chi connectivity index (χ2n) is 8.94. The molecule has 0 saturated carbocycles. The summed E-state index contributed by atoms with van der Waals surface area (Å²) in [5.41, 5.74) is -1.53. The predicted molar refractivity (Wildman–Crippen MR) is 173 cm³/mol. The summed E-state index contributed by atoms with van der Waals surface area (Å²) in [4.78, 5) is 0. The molecule has 0 nitrogen and oxygen atoms in total. The first-order chi connectivity index (χ1) is 28.1. The van der Waals surface area contributed by atoms with Crippen LogP contribution in [0.5, 0.6) is 0 Å². The second kappa shape index (κ2) is 9.22. The van der Waals surface area contributed by atoms with Crippen LogP contribution in [0.4, 0.5) is 0 Å². The van der Waals surface area contributed by atoms with Crippen molar-refractivity contribution in [2.45, 2.75) is 0 Å². The Kier molecular flexibility index (Phi) is 2.40. The van der Waals surface area contributed by atoms with Crippen LogP contribution in [0.1, 0.15) is 27.4 Å². The van der Waals surface area contributed by atoms with Crippen LogP contribution in [0.2, 0.25) is 0 Å². The lowest BCUT2D eigenvalue weighted by Gasteiger charge is -2.19. The minimum atomic E-state index is -0.811. The van der Waals surface area contributed by atoms with Crippen molar-refractivity contribution < 1.29 is 27.4 Å². The first kappa shape index (κ1) is 10.4. The Hall–Kier alpha value is -5.20. The van der Waals surface area contributed by atoms with Crippen LogP contribution < -0.4 is 0 Å². The highest BCUT2D eigenvalue weighted by atomic mass is 14.2. The average molecular weight is 527 g/mol. The second-order valence-corrected chi connectivity index (χ2v) is 8.94. The fraction of sp³-hybridized carbons (Fsp3) is 0. The first-order valence-electron chi connectivity index (χ1n) is 22.2. The molecule has 8 aromatic rings. The number of benzene rings is 8. The molecule has 0 aromatic heterocycles. The molecular formula is C40H26. The van der Waals surface area contributed by atoms with Crippen molar-refractivity contribution >= 4 is 43.1 Å². The quantitative estimate of drug-likeness (QED) is 0.201. The molecule has 0 saturated heterocycles. The van der Waals surface area contributed by atoms with E-state index in [2.05, 4.69) is 0 Å². The monoisotopic (exact) mass is 526 g/mol. The minimum absolute atomic E-state index is 0.0244. The average Bonchev–Trinajstić information content (AvgIpc) is 3.21. The molecule has 0 heterocycles.